The molecule has 0 saturated carbocycles. The van der Waals surface area contributed by atoms with Crippen molar-refractivity contribution in [1.29, 1.82) is 0 Å². The zero-order chi connectivity index (χ0) is 13.1. The highest BCUT2D eigenvalue weighted by atomic mass is 35.5. The highest BCUT2D eigenvalue weighted by Crippen LogP contribution is 2.34. The molecule has 96 valence electrons. The molecule has 0 aliphatic heterocycles. The van der Waals surface area contributed by atoms with Gasteiger partial charge in [-0.25, -0.2) is 0 Å². The average molecular weight is 304 g/mol. The van der Waals surface area contributed by atoms with Gasteiger partial charge in [-0.15, -0.1) is 0 Å². The Balaban J connectivity index is 2.30. The van der Waals surface area contributed by atoms with Crippen LogP contribution >= 0.6 is 32.3 Å². The summed E-state index contributed by atoms with van der Waals surface area (Å²) in [5, 5.41) is 3.94. The van der Waals surface area contributed by atoms with Gasteiger partial charge in [-0.1, -0.05) is 21.9 Å². The molecule has 0 spiro atoms. The van der Waals surface area contributed by atoms with Crippen LogP contribution in [-0.4, -0.2) is 14.2 Å². The van der Waals surface area contributed by atoms with Crippen molar-refractivity contribution in [1.82, 2.24) is 0 Å². The maximum atomic E-state index is 11.3. The second kappa shape index (κ2) is 5.60. The second-order valence-corrected chi connectivity index (χ2v) is 5.78. The lowest BCUT2D eigenvalue weighted by Gasteiger charge is -2.10. The summed E-state index contributed by atoms with van der Waals surface area (Å²) in [7, 11) is 5.55. The first-order chi connectivity index (χ1) is 8.65. The second-order valence-electron chi connectivity index (χ2n) is 3.29. The lowest BCUT2D eigenvalue weighted by atomic mass is 10.3. The average Bonchev–Trinajstić information content (AvgIpc) is 2.70. The van der Waals surface area contributed by atoms with Gasteiger partial charge in [0.1, 0.15) is 10.0 Å². The molecule has 0 unspecified atom stereocenters. The van der Waals surface area contributed by atoms with Gasteiger partial charge in [0.25, 0.3) is 4.74 Å². The van der Waals surface area contributed by atoms with Crippen molar-refractivity contribution in [3.8, 4) is 11.5 Å². The molecule has 0 atom stereocenters. The molecule has 0 aliphatic rings. The number of benzene rings is 1. The number of halogens is 1. The normalized spacial score (nSPS) is 10.2. The fourth-order valence-corrected chi connectivity index (χ4v) is 3.75. The van der Waals surface area contributed by atoms with Crippen LogP contribution in [0.1, 0.15) is 0 Å². The Bertz CT molecular complexity index is 609. The summed E-state index contributed by atoms with van der Waals surface area (Å²) in [4.78, 5) is 11.3. The van der Waals surface area contributed by atoms with Gasteiger partial charge in [0.05, 0.1) is 14.2 Å². The number of methoxy groups -OCH3 is 2. The summed E-state index contributed by atoms with van der Waals surface area (Å²) in [6.07, 6.45) is 0. The van der Waals surface area contributed by atoms with Crippen LogP contribution < -0.4 is 19.5 Å². The predicted octanol–water partition coefficient (Wildman–Crippen LogP) is 3.58. The van der Waals surface area contributed by atoms with Gasteiger partial charge in [-0.3, -0.25) is 4.79 Å². The van der Waals surface area contributed by atoms with E-state index in [1.165, 1.54) is 10.3 Å². The van der Waals surface area contributed by atoms with Crippen LogP contribution in [0.2, 0.25) is 5.02 Å². The van der Waals surface area contributed by atoms with Crippen molar-refractivity contribution in [2.24, 2.45) is 0 Å². The minimum atomic E-state index is -0.135. The van der Waals surface area contributed by atoms with Crippen molar-refractivity contribution < 1.29 is 9.47 Å². The molecule has 0 bridgehead atoms. The molecule has 2 rings (SSSR count). The van der Waals surface area contributed by atoms with E-state index in [1.807, 2.05) is 6.07 Å². The zero-order valence-corrected chi connectivity index (χ0v) is 12.0. The largest absolute Gasteiger partial charge is 0.493 e. The van der Waals surface area contributed by atoms with E-state index in [1.54, 1.807) is 26.4 Å². The van der Waals surface area contributed by atoms with Gasteiger partial charge in [-0.2, -0.15) is 0 Å². The van der Waals surface area contributed by atoms with E-state index in [9.17, 15) is 4.79 Å². The lowest BCUT2D eigenvalue weighted by Crippen LogP contribution is -1.95. The molecule has 1 N–H and O–H groups in total. The Hall–Kier alpha value is -1.24. The van der Waals surface area contributed by atoms with Crippen LogP contribution in [0, 0.1) is 0 Å². The summed E-state index contributed by atoms with van der Waals surface area (Å²) >= 11 is 5.88. The van der Waals surface area contributed by atoms with Crippen molar-refractivity contribution in [2.75, 3.05) is 19.5 Å². The van der Waals surface area contributed by atoms with E-state index in [-0.39, 0.29) is 9.77 Å². The Morgan fingerprint density at radius 3 is 2.44 bits per heavy atom. The fourth-order valence-electron chi connectivity index (χ4n) is 1.37. The molecule has 0 saturated heterocycles. The highest BCUT2D eigenvalue weighted by Gasteiger charge is 2.10. The van der Waals surface area contributed by atoms with Gasteiger partial charge < -0.3 is 14.8 Å². The van der Waals surface area contributed by atoms with Gasteiger partial charge in [-0.05, 0) is 22.5 Å². The number of hydrogen-bond acceptors (Lipinski definition) is 6. The fraction of sp³-hybridized carbons (Fsp3) is 0.182. The van der Waals surface area contributed by atoms with Crippen molar-refractivity contribution in [2.45, 2.75) is 0 Å². The first kappa shape index (κ1) is 13.2. The molecule has 7 heteroatoms. The third-order valence-electron chi connectivity index (χ3n) is 2.22. The molecule has 1 aromatic heterocycles. The van der Waals surface area contributed by atoms with Crippen molar-refractivity contribution in [3.05, 3.63) is 32.8 Å². The van der Waals surface area contributed by atoms with Gasteiger partial charge in [0.2, 0.25) is 0 Å². The van der Waals surface area contributed by atoms with E-state index in [4.69, 9.17) is 21.1 Å². The number of ether oxygens (including phenoxy) is 2. The third kappa shape index (κ3) is 2.60. The maximum absolute atomic E-state index is 11.3. The lowest BCUT2D eigenvalue weighted by molar-refractivity contribution is 0.355. The topological polar surface area (TPSA) is 47.6 Å². The Kier molecular flexibility index (Phi) is 4.11. The van der Waals surface area contributed by atoms with E-state index in [2.05, 4.69) is 5.32 Å². The van der Waals surface area contributed by atoms with Crippen LogP contribution in [0.15, 0.2) is 23.0 Å². The first-order valence-electron chi connectivity index (χ1n) is 4.93. The SMILES string of the molecule is COc1ccc(Nc2ssc(=O)c2Cl)cc1OC. The molecule has 0 amide bonds. The Morgan fingerprint density at radius 1 is 1.17 bits per heavy atom. The number of rotatable bonds is 4. The number of nitrogens with one attached hydrogen (secondary N) is 1. The summed E-state index contributed by atoms with van der Waals surface area (Å²) < 4.78 is 10.2. The molecule has 18 heavy (non-hydrogen) atoms. The molecule has 0 fully saturated rings. The van der Waals surface area contributed by atoms with E-state index >= 15 is 0 Å². The van der Waals surface area contributed by atoms with Gasteiger partial charge >= 0.3 is 0 Å². The Labute approximate surface area is 116 Å². The van der Waals surface area contributed by atoms with Crippen LogP contribution in [0.25, 0.3) is 0 Å². The molecule has 4 nitrogen and oxygen atoms in total. The summed E-state index contributed by atoms with van der Waals surface area (Å²) in [5.41, 5.74) is 0.781. The third-order valence-corrected chi connectivity index (χ3v) is 4.92. The predicted molar refractivity (Wildman–Crippen MR) is 76.3 cm³/mol. The van der Waals surface area contributed by atoms with E-state index < -0.39 is 0 Å². The molecular formula is C11H10ClNO3S2. The molecule has 0 aliphatic carbocycles. The van der Waals surface area contributed by atoms with E-state index in [0.29, 0.717) is 16.5 Å². The molecule has 1 heterocycles. The smallest absolute Gasteiger partial charge is 0.263 e. The highest BCUT2D eigenvalue weighted by molar-refractivity contribution is 7.70. The molecule has 0 radical (unpaired) electrons. The molecule has 2 aromatic rings. The minimum Gasteiger partial charge on any atom is -0.493 e. The van der Waals surface area contributed by atoms with Crippen molar-refractivity contribution in [3.63, 3.8) is 0 Å². The number of hydrogen-bond donors (Lipinski definition) is 1. The monoisotopic (exact) mass is 303 g/mol. The molecular weight excluding hydrogens is 294 g/mol. The van der Waals surface area contributed by atoms with Gasteiger partial charge in [0.15, 0.2) is 11.5 Å². The standard InChI is InChI=1S/C11H10ClNO3S2/c1-15-7-4-3-6(5-8(7)16-2)13-10-9(12)11(14)18-17-10/h3-5,13H,1-2H3. The minimum absolute atomic E-state index is 0.135. The number of anilines is 2. The van der Waals surface area contributed by atoms with E-state index in [0.717, 1.165) is 16.0 Å². The van der Waals surface area contributed by atoms with Crippen molar-refractivity contribution >= 4 is 43.0 Å². The van der Waals surface area contributed by atoms with Crippen LogP contribution in [-0.2, 0) is 0 Å². The van der Waals surface area contributed by atoms with Crippen LogP contribution in [0.4, 0.5) is 10.7 Å². The Morgan fingerprint density at radius 2 is 1.89 bits per heavy atom. The zero-order valence-electron chi connectivity index (χ0n) is 9.65. The maximum Gasteiger partial charge on any atom is 0.263 e. The summed E-state index contributed by atoms with van der Waals surface area (Å²) in [6.45, 7) is 0. The van der Waals surface area contributed by atoms with Gasteiger partial charge in [0, 0.05) is 11.8 Å². The van der Waals surface area contributed by atoms with Crippen LogP contribution in [0.5, 0.6) is 11.5 Å². The summed E-state index contributed by atoms with van der Waals surface area (Å²) in [5.74, 6) is 1.26. The quantitative estimate of drug-likeness (QED) is 0.877. The first-order valence-corrected chi connectivity index (χ1v) is 7.46. The van der Waals surface area contributed by atoms with Crippen LogP contribution in [0.3, 0.4) is 0 Å². The molecule has 1 aromatic carbocycles. The summed E-state index contributed by atoms with van der Waals surface area (Å²) in [6, 6.07) is 5.39.